The summed E-state index contributed by atoms with van der Waals surface area (Å²) >= 11 is 5.70. The van der Waals surface area contributed by atoms with Gasteiger partial charge in [-0.25, -0.2) is 13.2 Å². The van der Waals surface area contributed by atoms with Crippen molar-refractivity contribution in [3.05, 3.63) is 29.3 Å². The largest absolute Gasteiger partial charge is 0.479 e. The molecule has 0 aromatic heterocycles. The lowest BCUT2D eigenvalue weighted by atomic mass is 10.3. The van der Waals surface area contributed by atoms with E-state index in [1.165, 1.54) is 38.4 Å². The summed E-state index contributed by atoms with van der Waals surface area (Å²) in [6, 6.07) is 5.52. The van der Waals surface area contributed by atoms with E-state index in [1.807, 2.05) is 0 Å². The minimum absolute atomic E-state index is 0.00231. The zero-order chi connectivity index (χ0) is 17.6. The summed E-state index contributed by atoms with van der Waals surface area (Å²) in [5.74, 6) is -1.87. The van der Waals surface area contributed by atoms with Crippen LogP contribution in [-0.4, -0.2) is 63.1 Å². The summed E-state index contributed by atoms with van der Waals surface area (Å²) in [4.78, 5) is 22.5. The highest BCUT2D eigenvalue weighted by atomic mass is 35.5. The molecule has 0 bridgehead atoms. The molecule has 10 heteroatoms. The standard InChI is InChI=1S/C13H17ClN2O6S/c1-16(8-12(17)15-7-11(22-2)13(18)19)23(20,21)10-5-3-9(14)4-6-10/h3-6,11H,7-8H2,1-2H3,(H,15,17)(H,18,19). The van der Waals surface area contributed by atoms with Gasteiger partial charge >= 0.3 is 5.97 Å². The number of sulfonamides is 1. The minimum atomic E-state index is -3.84. The van der Waals surface area contributed by atoms with Gasteiger partial charge < -0.3 is 15.2 Å². The Morgan fingerprint density at radius 3 is 2.39 bits per heavy atom. The number of carboxylic acid groups (broad SMARTS) is 1. The van der Waals surface area contributed by atoms with Gasteiger partial charge in [0.25, 0.3) is 0 Å². The second-order valence-electron chi connectivity index (χ2n) is 4.58. The number of halogens is 1. The molecule has 1 unspecified atom stereocenters. The highest BCUT2D eigenvalue weighted by Crippen LogP contribution is 2.17. The van der Waals surface area contributed by atoms with Gasteiger partial charge in [-0.05, 0) is 24.3 Å². The minimum Gasteiger partial charge on any atom is -0.479 e. The molecule has 1 atom stereocenters. The molecular formula is C13H17ClN2O6S. The Bertz CT molecular complexity index is 662. The number of hydrogen-bond donors (Lipinski definition) is 2. The first-order valence-corrected chi connectivity index (χ1v) is 8.24. The molecular weight excluding hydrogens is 348 g/mol. The van der Waals surface area contributed by atoms with Gasteiger partial charge in [0.15, 0.2) is 6.10 Å². The van der Waals surface area contributed by atoms with Crippen LogP contribution >= 0.6 is 11.6 Å². The molecule has 128 valence electrons. The summed E-state index contributed by atoms with van der Waals surface area (Å²) in [5, 5.41) is 11.5. The maximum Gasteiger partial charge on any atom is 0.334 e. The predicted molar refractivity (Wildman–Crippen MR) is 82.7 cm³/mol. The first-order chi connectivity index (χ1) is 10.7. The fraction of sp³-hybridized carbons (Fsp3) is 0.385. The molecule has 1 aromatic rings. The molecule has 0 aliphatic rings. The van der Waals surface area contributed by atoms with Gasteiger partial charge in [0.05, 0.1) is 18.0 Å². The number of methoxy groups -OCH3 is 1. The fourth-order valence-electron chi connectivity index (χ4n) is 1.61. The van der Waals surface area contributed by atoms with Crippen LogP contribution in [0.15, 0.2) is 29.2 Å². The van der Waals surface area contributed by atoms with E-state index >= 15 is 0 Å². The van der Waals surface area contributed by atoms with Crippen LogP contribution in [0, 0.1) is 0 Å². The molecule has 0 aliphatic heterocycles. The van der Waals surface area contributed by atoms with Gasteiger partial charge in [-0.15, -0.1) is 0 Å². The Balaban J connectivity index is 2.67. The Morgan fingerprint density at radius 2 is 1.91 bits per heavy atom. The molecule has 23 heavy (non-hydrogen) atoms. The third-order valence-corrected chi connectivity index (χ3v) is 5.00. The van der Waals surface area contributed by atoms with Crippen LogP contribution in [0.3, 0.4) is 0 Å². The first-order valence-electron chi connectivity index (χ1n) is 6.42. The molecule has 1 aromatic carbocycles. The number of hydrogen-bond acceptors (Lipinski definition) is 5. The monoisotopic (exact) mass is 364 g/mol. The quantitative estimate of drug-likeness (QED) is 0.680. The Morgan fingerprint density at radius 1 is 1.35 bits per heavy atom. The van der Waals surface area contributed by atoms with Crippen molar-refractivity contribution in [3.63, 3.8) is 0 Å². The molecule has 0 saturated carbocycles. The van der Waals surface area contributed by atoms with Crippen molar-refractivity contribution in [1.82, 2.24) is 9.62 Å². The molecule has 0 heterocycles. The van der Waals surface area contributed by atoms with Gasteiger partial charge in [-0.1, -0.05) is 11.6 Å². The van der Waals surface area contributed by atoms with Crippen LogP contribution in [0.2, 0.25) is 5.02 Å². The normalized spacial score (nSPS) is 12.9. The summed E-state index contributed by atoms with van der Waals surface area (Å²) in [6.07, 6.45) is -1.20. The van der Waals surface area contributed by atoms with Gasteiger partial charge in [0.2, 0.25) is 15.9 Å². The van der Waals surface area contributed by atoms with Crippen molar-refractivity contribution in [2.45, 2.75) is 11.0 Å². The number of aliphatic carboxylic acids is 1. The average Bonchev–Trinajstić information content (AvgIpc) is 2.47. The van der Waals surface area contributed by atoms with Crippen LogP contribution < -0.4 is 5.32 Å². The molecule has 0 spiro atoms. The van der Waals surface area contributed by atoms with Crippen molar-refractivity contribution in [3.8, 4) is 0 Å². The molecule has 2 N–H and O–H groups in total. The number of carbonyl (C=O) groups excluding carboxylic acids is 1. The van der Waals surface area contributed by atoms with Crippen molar-refractivity contribution in [2.75, 3.05) is 27.2 Å². The summed E-state index contributed by atoms with van der Waals surface area (Å²) in [7, 11) is -1.40. The van der Waals surface area contributed by atoms with E-state index in [2.05, 4.69) is 10.1 Å². The third-order valence-electron chi connectivity index (χ3n) is 2.93. The zero-order valence-corrected chi connectivity index (χ0v) is 14.1. The van der Waals surface area contributed by atoms with E-state index in [1.54, 1.807) is 0 Å². The summed E-state index contributed by atoms with van der Waals surface area (Å²) < 4.78 is 30.0. The number of amides is 1. The number of rotatable bonds is 8. The van der Waals surface area contributed by atoms with Gasteiger partial charge in [0, 0.05) is 19.2 Å². The summed E-state index contributed by atoms with van der Waals surface area (Å²) in [5.41, 5.74) is 0. The molecule has 0 saturated heterocycles. The number of benzene rings is 1. The molecule has 0 aliphatic carbocycles. The topological polar surface area (TPSA) is 113 Å². The van der Waals surface area contributed by atoms with Crippen molar-refractivity contribution in [1.29, 1.82) is 0 Å². The van der Waals surface area contributed by atoms with Crippen LogP contribution in [0.25, 0.3) is 0 Å². The molecule has 0 radical (unpaired) electrons. The zero-order valence-electron chi connectivity index (χ0n) is 12.5. The Labute approximate surface area is 139 Å². The number of nitrogens with one attached hydrogen (secondary N) is 1. The number of nitrogens with zero attached hydrogens (tertiary/aromatic N) is 1. The second kappa shape index (κ2) is 8.25. The van der Waals surface area contributed by atoms with E-state index in [9.17, 15) is 18.0 Å². The van der Waals surface area contributed by atoms with E-state index in [0.717, 1.165) is 4.31 Å². The Kier molecular flexibility index (Phi) is 6.95. The van der Waals surface area contributed by atoms with Gasteiger partial charge in [-0.3, -0.25) is 4.79 Å². The Hall–Kier alpha value is -1.68. The van der Waals surface area contributed by atoms with E-state index in [-0.39, 0.29) is 11.4 Å². The maximum absolute atomic E-state index is 12.3. The lowest BCUT2D eigenvalue weighted by Crippen LogP contribution is -2.43. The number of ether oxygens (including phenoxy) is 1. The molecule has 8 nitrogen and oxygen atoms in total. The van der Waals surface area contributed by atoms with E-state index in [4.69, 9.17) is 16.7 Å². The molecule has 1 rings (SSSR count). The SMILES string of the molecule is COC(CNC(=O)CN(C)S(=O)(=O)c1ccc(Cl)cc1)C(=O)O. The smallest absolute Gasteiger partial charge is 0.334 e. The number of likely N-dealkylation sites (N-methyl/N-ethyl adjacent to an activating group) is 1. The van der Waals surface area contributed by atoms with Crippen molar-refractivity contribution >= 4 is 33.5 Å². The predicted octanol–water partition coefficient (Wildman–Crippen LogP) is 0.176. The number of carboxylic acids is 1. The third kappa shape index (κ3) is 5.47. The van der Waals surface area contributed by atoms with E-state index < -0.39 is 34.5 Å². The van der Waals surface area contributed by atoms with Crippen LogP contribution in [0.4, 0.5) is 0 Å². The fourth-order valence-corrected chi connectivity index (χ4v) is 2.86. The van der Waals surface area contributed by atoms with Gasteiger partial charge in [0.1, 0.15) is 0 Å². The van der Waals surface area contributed by atoms with E-state index in [0.29, 0.717) is 5.02 Å². The average molecular weight is 365 g/mol. The van der Waals surface area contributed by atoms with Crippen molar-refractivity contribution < 1.29 is 27.9 Å². The maximum atomic E-state index is 12.3. The second-order valence-corrected chi connectivity index (χ2v) is 7.06. The lowest BCUT2D eigenvalue weighted by Gasteiger charge is -2.18. The number of carbonyl (C=O) groups is 2. The highest BCUT2D eigenvalue weighted by molar-refractivity contribution is 7.89. The van der Waals surface area contributed by atoms with Crippen molar-refractivity contribution in [2.24, 2.45) is 0 Å². The van der Waals surface area contributed by atoms with Crippen LogP contribution in [0.5, 0.6) is 0 Å². The molecule has 1 amide bonds. The highest BCUT2D eigenvalue weighted by Gasteiger charge is 2.24. The summed E-state index contributed by atoms with van der Waals surface area (Å²) in [6.45, 7) is -0.722. The first kappa shape index (κ1) is 19.4. The lowest BCUT2D eigenvalue weighted by molar-refractivity contribution is -0.148. The van der Waals surface area contributed by atoms with Crippen LogP contribution in [0.1, 0.15) is 0 Å². The molecule has 0 fully saturated rings. The van der Waals surface area contributed by atoms with Crippen LogP contribution in [-0.2, 0) is 24.3 Å². The van der Waals surface area contributed by atoms with Gasteiger partial charge in [-0.2, -0.15) is 4.31 Å².